The van der Waals surface area contributed by atoms with E-state index in [0.717, 1.165) is 43.0 Å². The minimum Gasteiger partial charge on any atom is -0.445 e. The summed E-state index contributed by atoms with van der Waals surface area (Å²) in [6.45, 7) is 5.19. The average Bonchev–Trinajstić information content (AvgIpc) is 3.07. The number of hydrogen-bond acceptors (Lipinski definition) is 5. The first-order valence-corrected chi connectivity index (χ1v) is 10.3. The molecule has 0 radical (unpaired) electrons. The van der Waals surface area contributed by atoms with Gasteiger partial charge in [-0.15, -0.1) is 0 Å². The standard InChI is InChI=1S/C23H27N5O2/c1-17-20(10-6-14-30-23(24)29)22-25-12-11-21(28(22)26-17)19-9-5-13-27(16-19)15-18-7-3-2-4-8-18/h2-4,6-8,10-12,19H,5,9,13-16H2,1H3,(H2,24,29). The zero-order valence-electron chi connectivity index (χ0n) is 17.2. The zero-order valence-corrected chi connectivity index (χ0v) is 17.2. The fourth-order valence-corrected chi connectivity index (χ4v) is 4.17. The van der Waals surface area contributed by atoms with Gasteiger partial charge in [-0.05, 0) is 50.1 Å². The van der Waals surface area contributed by atoms with E-state index in [2.05, 4.69) is 46.3 Å². The van der Waals surface area contributed by atoms with Gasteiger partial charge < -0.3 is 10.5 Å². The Morgan fingerprint density at radius 2 is 2.13 bits per heavy atom. The predicted molar refractivity (Wildman–Crippen MR) is 116 cm³/mol. The van der Waals surface area contributed by atoms with Crippen LogP contribution in [0.25, 0.3) is 11.7 Å². The van der Waals surface area contributed by atoms with E-state index in [0.29, 0.717) is 5.92 Å². The Hall–Kier alpha value is -3.19. The van der Waals surface area contributed by atoms with Crippen LogP contribution in [0.2, 0.25) is 0 Å². The van der Waals surface area contributed by atoms with Gasteiger partial charge in [0.25, 0.3) is 0 Å². The van der Waals surface area contributed by atoms with Crippen molar-refractivity contribution < 1.29 is 9.53 Å². The first kappa shape index (κ1) is 20.1. The summed E-state index contributed by atoms with van der Waals surface area (Å²) < 4.78 is 6.74. The lowest BCUT2D eigenvalue weighted by Gasteiger charge is -2.33. The van der Waals surface area contributed by atoms with Crippen LogP contribution in [-0.4, -0.2) is 45.3 Å². The summed E-state index contributed by atoms with van der Waals surface area (Å²) in [6.07, 6.45) is 7.03. The highest BCUT2D eigenvalue weighted by molar-refractivity contribution is 5.68. The lowest BCUT2D eigenvalue weighted by Crippen LogP contribution is -2.34. The van der Waals surface area contributed by atoms with Crippen molar-refractivity contribution in [2.45, 2.75) is 32.2 Å². The van der Waals surface area contributed by atoms with Crippen molar-refractivity contribution in [3.8, 4) is 0 Å². The van der Waals surface area contributed by atoms with E-state index in [-0.39, 0.29) is 6.61 Å². The zero-order chi connectivity index (χ0) is 20.9. The normalized spacial score (nSPS) is 17.6. The maximum atomic E-state index is 10.7. The predicted octanol–water partition coefficient (Wildman–Crippen LogP) is 3.53. The Bertz CT molecular complexity index is 1040. The Balaban J connectivity index is 1.55. The molecular formula is C23H27N5O2. The third-order valence-electron chi connectivity index (χ3n) is 5.55. The molecule has 1 saturated heterocycles. The molecule has 2 N–H and O–H groups in total. The molecular weight excluding hydrogens is 378 g/mol. The molecule has 0 spiro atoms. The maximum absolute atomic E-state index is 10.7. The summed E-state index contributed by atoms with van der Waals surface area (Å²) in [5, 5.41) is 4.76. The van der Waals surface area contributed by atoms with Crippen LogP contribution in [0.1, 0.15) is 41.3 Å². The van der Waals surface area contributed by atoms with E-state index in [1.165, 1.54) is 17.7 Å². The van der Waals surface area contributed by atoms with E-state index in [9.17, 15) is 4.79 Å². The first-order valence-electron chi connectivity index (χ1n) is 10.3. The van der Waals surface area contributed by atoms with E-state index >= 15 is 0 Å². The van der Waals surface area contributed by atoms with Crippen molar-refractivity contribution in [1.82, 2.24) is 19.5 Å². The largest absolute Gasteiger partial charge is 0.445 e. The van der Waals surface area contributed by atoms with E-state index in [1.54, 1.807) is 6.08 Å². The molecule has 1 unspecified atom stereocenters. The van der Waals surface area contributed by atoms with Crippen LogP contribution in [0.5, 0.6) is 0 Å². The van der Waals surface area contributed by atoms with Crippen LogP contribution >= 0.6 is 0 Å². The number of aryl methyl sites for hydroxylation is 1. The van der Waals surface area contributed by atoms with Crippen LogP contribution in [-0.2, 0) is 11.3 Å². The van der Waals surface area contributed by atoms with Crippen molar-refractivity contribution in [2.24, 2.45) is 5.73 Å². The van der Waals surface area contributed by atoms with Gasteiger partial charge in [-0.2, -0.15) is 5.10 Å². The molecule has 7 nitrogen and oxygen atoms in total. The monoisotopic (exact) mass is 405 g/mol. The maximum Gasteiger partial charge on any atom is 0.404 e. The van der Waals surface area contributed by atoms with Gasteiger partial charge in [-0.1, -0.05) is 30.3 Å². The topological polar surface area (TPSA) is 85.8 Å². The summed E-state index contributed by atoms with van der Waals surface area (Å²) in [4.78, 5) is 17.8. The van der Waals surface area contributed by atoms with Crippen molar-refractivity contribution in [3.63, 3.8) is 0 Å². The number of ether oxygens (including phenoxy) is 1. The molecule has 7 heteroatoms. The van der Waals surface area contributed by atoms with E-state index < -0.39 is 6.09 Å². The molecule has 0 aliphatic carbocycles. The first-order chi connectivity index (χ1) is 14.6. The minimum atomic E-state index is -0.783. The van der Waals surface area contributed by atoms with Crippen LogP contribution in [0.3, 0.4) is 0 Å². The molecule has 1 fully saturated rings. The summed E-state index contributed by atoms with van der Waals surface area (Å²) in [7, 11) is 0. The molecule has 4 rings (SSSR count). The third-order valence-corrected chi connectivity index (χ3v) is 5.55. The quantitative estimate of drug-likeness (QED) is 0.678. The van der Waals surface area contributed by atoms with Gasteiger partial charge in [0.1, 0.15) is 6.61 Å². The molecule has 3 heterocycles. The number of likely N-dealkylation sites (tertiary alicyclic amines) is 1. The fraction of sp³-hybridized carbons (Fsp3) is 0.348. The van der Waals surface area contributed by atoms with Gasteiger partial charge in [0.05, 0.1) is 11.4 Å². The Morgan fingerprint density at radius 3 is 2.93 bits per heavy atom. The number of carbonyl (C=O) groups is 1. The molecule has 1 aromatic carbocycles. The van der Waals surface area contributed by atoms with Crippen molar-refractivity contribution in [3.05, 3.63) is 71.2 Å². The Kier molecular flexibility index (Phi) is 6.09. The van der Waals surface area contributed by atoms with Gasteiger partial charge in [-0.25, -0.2) is 14.3 Å². The van der Waals surface area contributed by atoms with Crippen molar-refractivity contribution >= 4 is 17.8 Å². The lowest BCUT2D eigenvalue weighted by atomic mass is 9.94. The highest BCUT2D eigenvalue weighted by Crippen LogP contribution is 2.29. The summed E-state index contributed by atoms with van der Waals surface area (Å²) in [5.41, 5.74) is 10.2. The lowest BCUT2D eigenvalue weighted by molar-refractivity contribution is 0.169. The second-order valence-electron chi connectivity index (χ2n) is 7.70. The molecule has 30 heavy (non-hydrogen) atoms. The van der Waals surface area contributed by atoms with Gasteiger partial charge in [-0.3, -0.25) is 4.90 Å². The molecule has 3 aromatic rings. The van der Waals surface area contributed by atoms with Crippen molar-refractivity contribution in [1.29, 1.82) is 0 Å². The summed E-state index contributed by atoms with van der Waals surface area (Å²) >= 11 is 0. The number of piperidine rings is 1. The fourth-order valence-electron chi connectivity index (χ4n) is 4.17. The summed E-state index contributed by atoms with van der Waals surface area (Å²) in [5.74, 6) is 0.405. The Morgan fingerprint density at radius 1 is 1.30 bits per heavy atom. The highest BCUT2D eigenvalue weighted by Gasteiger charge is 2.24. The molecule has 1 amide bonds. The molecule has 0 bridgehead atoms. The number of carbonyl (C=O) groups excluding carboxylic acids is 1. The number of hydrogen-bond donors (Lipinski definition) is 1. The number of amides is 1. The van der Waals surface area contributed by atoms with E-state index in [1.807, 2.05) is 23.7 Å². The number of nitrogens with two attached hydrogens (primary N) is 1. The van der Waals surface area contributed by atoms with Crippen molar-refractivity contribution in [2.75, 3.05) is 19.7 Å². The van der Waals surface area contributed by atoms with Gasteiger partial charge in [0.15, 0.2) is 5.65 Å². The molecule has 2 aromatic heterocycles. The number of benzene rings is 1. The second-order valence-corrected chi connectivity index (χ2v) is 7.70. The molecule has 1 atom stereocenters. The highest BCUT2D eigenvalue weighted by atomic mass is 16.5. The molecule has 1 aliphatic heterocycles. The average molecular weight is 406 g/mol. The van der Waals surface area contributed by atoms with Crippen LogP contribution < -0.4 is 5.73 Å². The number of primary amides is 1. The minimum absolute atomic E-state index is 0.128. The summed E-state index contributed by atoms with van der Waals surface area (Å²) in [6, 6.07) is 12.7. The number of aromatic nitrogens is 3. The Labute approximate surface area is 176 Å². The number of rotatable bonds is 6. The van der Waals surface area contributed by atoms with Gasteiger partial charge >= 0.3 is 6.09 Å². The molecule has 156 valence electrons. The van der Waals surface area contributed by atoms with Gasteiger partial charge in [0.2, 0.25) is 0 Å². The number of nitrogens with zero attached hydrogens (tertiary/aromatic N) is 4. The van der Waals surface area contributed by atoms with E-state index in [4.69, 9.17) is 15.6 Å². The number of fused-ring (bicyclic) bond motifs is 1. The molecule has 1 aliphatic rings. The van der Waals surface area contributed by atoms with Gasteiger partial charge in [0, 0.05) is 30.8 Å². The SMILES string of the molecule is Cc1nn2c(C3CCCN(Cc4ccccc4)C3)ccnc2c1C=CCOC(N)=O. The second kappa shape index (κ2) is 9.09. The van der Waals surface area contributed by atoms with Crippen LogP contribution in [0.15, 0.2) is 48.7 Å². The third kappa shape index (κ3) is 4.52. The van der Waals surface area contributed by atoms with Crippen LogP contribution in [0.4, 0.5) is 4.79 Å². The molecule has 0 saturated carbocycles. The smallest absolute Gasteiger partial charge is 0.404 e. The van der Waals surface area contributed by atoms with Crippen LogP contribution in [0, 0.1) is 6.92 Å².